The van der Waals surface area contributed by atoms with Crippen molar-refractivity contribution in [2.75, 3.05) is 6.54 Å². The van der Waals surface area contributed by atoms with Crippen molar-refractivity contribution in [2.45, 2.75) is 32.6 Å². The number of rotatable bonds is 5. The predicted molar refractivity (Wildman–Crippen MR) is 33.2 cm³/mol. The van der Waals surface area contributed by atoms with Gasteiger partial charge in [0, 0.05) is 0 Å². The van der Waals surface area contributed by atoms with E-state index in [0.717, 1.165) is 13.0 Å². The summed E-state index contributed by atoms with van der Waals surface area (Å²) in [6.07, 6.45) is 5.00. The first-order chi connectivity index (χ1) is 3.91. The van der Waals surface area contributed by atoms with E-state index in [2.05, 4.69) is 12.7 Å². The molecule has 0 spiro atoms. The molecule has 0 aromatic carbocycles. The second kappa shape index (κ2) is 5.96. The van der Waals surface area contributed by atoms with Crippen LogP contribution in [0.15, 0.2) is 0 Å². The van der Waals surface area contributed by atoms with Crippen LogP contribution >= 0.6 is 0 Å². The Labute approximate surface area is 47.4 Å². The average Bonchev–Trinajstić information content (AvgIpc) is 1.81. The minimum atomic E-state index is 0.847. The molecule has 0 saturated carbocycles. The van der Waals surface area contributed by atoms with E-state index in [1.165, 1.54) is 19.3 Å². The van der Waals surface area contributed by atoms with Gasteiger partial charge >= 0.3 is 0 Å². The summed E-state index contributed by atoms with van der Waals surface area (Å²) in [5, 5.41) is 0. The molecule has 0 aliphatic rings. The van der Waals surface area contributed by atoms with Crippen LogP contribution in [-0.2, 0) is 0 Å². The van der Waals surface area contributed by atoms with Crippen molar-refractivity contribution in [3.63, 3.8) is 0 Å². The molecule has 0 amide bonds. The maximum atomic E-state index is 6.59. The van der Waals surface area contributed by atoms with E-state index in [1.807, 2.05) is 0 Å². The second-order valence-electron chi connectivity index (χ2n) is 1.81. The van der Waals surface area contributed by atoms with E-state index in [-0.39, 0.29) is 0 Å². The summed E-state index contributed by atoms with van der Waals surface area (Å²) in [6.45, 7) is 3.04. The third-order valence-electron chi connectivity index (χ3n) is 1.03. The van der Waals surface area contributed by atoms with Crippen LogP contribution in [0.5, 0.6) is 0 Å². The molecule has 0 radical (unpaired) electrons. The summed E-state index contributed by atoms with van der Waals surface area (Å²) < 4.78 is 6.59. The third-order valence-corrected chi connectivity index (χ3v) is 1.03. The molecule has 0 bridgehead atoms. The van der Waals surface area contributed by atoms with Crippen molar-refractivity contribution in [3.05, 3.63) is 0 Å². The molecule has 0 aromatic rings. The highest BCUT2D eigenvalue weighted by Crippen LogP contribution is 1.95. The molecule has 2 N–H and O–H groups in total. The highest BCUT2D eigenvalue weighted by molar-refractivity contribution is 4.38. The zero-order chi connectivity index (χ0) is 6.24. The van der Waals surface area contributed by atoms with Gasteiger partial charge < -0.3 is 5.73 Å². The van der Waals surface area contributed by atoms with Crippen molar-refractivity contribution >= 4 is 0 Å². The molecule has 0 rings (SSSR count). The number of hydrogen-bond donors (Lipinski definition) is 1. The van der Waals surface area contributed by atoms with Crippen LogP contribution in [-0.4, -0.2) is 6.54 Å². The normalized spacial score (nSPS) is 11.3. The van der Waals surface area contributed by atoms with Crippen LogP contribution in [0.4, 0.5) is 0 Å². The van der Waals surface area contributed by atoms with E-state index >= 15 is 0 Å². The third kappa shape index (κ3) is 5.96. The fraction of sp³-hybridized carbons (Fsp3) is 1.00. The summed E-state index contributed by atoms with van der Waals surface area (Å²) in [7, 11) is 0. The van der Waals surface area contributed by atoms with Crippen molar-refractivity contribution < 1.29 is 1.41 Å². The fourth-order valence-corrected chi connectivity index (χ4v) is 0.552. The molecule has 0 aliphatic carbocycles. The van der Waals surface area contributed by atoms with Crippen molar-refractivity contribution in [3.8, 4) is 0 Å². The predicted octanol–water partition coefficient (Wildman–Crippen LogP) is 1.53. The molecule has 7 heavy (non-hydrogen) atoms. The molecule has 0 heterocycles. The molecule has 0 atom stereocenters. The lowest BCUT2D eigenvalue weighted by atomic mass is 10.2. The van der Waals surface area contributed by atoms with Crippen LogP contribution in [0, 0.1) is 0 Å². The maximum Gasteiger partial charge on any atom is 0.118 e. The molecule has 1 nitrogen and oxygen atoms in total. The van der Waals surface area contributed by atoms with E-state index in [0.29, 0.717) is 0 Å². The zero-order valence-electron chi connectivity index (χ0n) is 6.04. The Morgan fingerprint density at radius 2 is 2.29 bits per heavy atom. The van der Waals surface area contributed by atoms with Gasteiger partial charge in [-0.2, -0.15) is 0 Å². The van der Waals surface area contributed by atoms with Gasteiger partial charge in [-0.25, -0.2) is 0 Å². The summed E-state index contributed by atoms with van der Waals surface area (Å²) in [5.74, 6) is 0. The lowest BCUT2D eigenvalue weighted by Crippen LogP contribution is -1.97. The Kier molecular flexibility index (Phi) is 4.35. The van der Waals surface area contributed by atoms with Gasteiger partial charge in [0.2, 0.25) is 0 Å². The quantitative estimate of drug-likeness (QED) is 0.523. The fourth-order valence-electron chi connectivity index (χ4n) is 0.552. The van der Waals surface area contributed by atoms with Crippen LogP contribution in [0.1, 0.15) is 32.6 Å². The maximum absolute atomic E-state index is 6.59. The summed E-state index contributed by atoms with van der Waals surface area (Å²) in [6, 6.07) is 0. The summed E-state index contributed by atoms with van der Waals surface area (Å²) in [5.41, 5.74) is 2.38. The summed E-state index contributed by atoms with van der Waals surface area (Å²) in [4.78, 5) is 0. The van der Waals surface area contributed by atoms with Crippen LogP contribution < -0.4 is 5.73 Å². The number of hydrogen-bond acceptors (Lipinski definition) is 1. The molecule has 0 aliphatic heterocycles. The first-order valence-corrected chi connectivity index (χ1v) is 3.06. The molecule has 0 aromatic heterocycles. The topological polar surface area (TPSA) is 26.0 Å². The van der Waals surface area contributed by atoms with Gasteiger partial charge in [-0.1, -0.05) is 26.2 Å². The first kappa shape index (κ1) is 5.10. The zero-order valence-corrected chi connectivity index (χ0v) is 5.04. The molecular weight excluding hydrogens is 86.1 g/mol. The van der Waals surface area contributed by atoms with E-state index in [1.54, 1.807) is 0 Å². The van der Waals surface area contributed by atoms with Gasteiger partial charge in [0.25, 0.3) is 0 Å². The lowest BCUT2D eigenvalue weighted by Gasteiger charge is -1.90. The van der Waals surface area contributed by atoms with Crippen LogP contribution in [0.3, 0.4) is 0 Å². The number of unbranched alkanes of at least 4 members (excludes halogenated alkanes) is 3. The van der Waals surface area contributed by atoms with Gasteiger partial charge in [-0.05, 0) is 13.0 Å². The monoisotopic (exact) mass is 102 g/mol. The Balaban J connectivity index is 2.53. The van der Waals surface area contributed by atoms with Crippen molar-refractivity contribution in [1.29, 1.82) is 0 Å². The first-order valence-electron chi connectivity index (χ1n) is 3.56. The van der Waals surface area contributed by atoms with Gasteiger partial charge in [0.05, 0.1) is 0 Å². The largest absolute Gasteiger partial charge is 0.330 e. The smallest absolute Gasteiger partial charge is 0.118 e. The molecule has 1 heteroatoms. The van der Waals surface area contributed by atoms with Crippen LogP contribution in [0.25, 0.3) is 0 Å². The Morgan fingerprint density at radius 3 is 2.86 bits per heavy atom. The lowest BCUT2D eigenvalue weighted by molar-refractivity contribution is 0.674. The van der Waals surface area contributed by atoms with Crippen molar-refractivity contribution in [2.24, 2.45) is 5.73 Å². The van der Waals surface area contributed by atoms with Crippen molar-refractivity contribution in [1.82, 2.24) is 0 Å². The molecule has 0 fully saturated rings. The van der Waals surface area contributed by atoms with E-state index in [4.69, 9.17) is 1.41 Å². The number of nitrogens with two attached hydrogens (primary N) is 1. The highest BCUT2D eigenvalue weighted by atomic mass is 14.5. The van der Waals surface area contributed by atoms with Gasteiger partial charge in [0.15, 0.2) is 0 Å². The summed E-state index contributed by atoms with van der Waals surface area (Å²) >= 11 is 0. The Hall–Kier alpha value is -0.0400. The Bertz CT molecular complexity index is 33.5. The minimum absolute atomic E-state index is 0.847. The SMILES string of the molecule is [2H]NCCCCCC. The Morgan fingerprint density at radius 1 is 1.43 bits per heavy atom. The minimum Gasteiger partial charge on any atom is -0.330 e. The second-order valence-corrected chi connectivity index (χ2v) is 1.81. The molecule has 0 unspecified atom stereocenters. The molecule has 0 saturated heterocycles. The van der Waals surface area contributed by atoms with E-state index < -0.39 is 0 Å². The van der Waals surface area contributed by atoms with Gasteiger partial charge in [0.1, 0.15) is 1.41 Å². The standard InChI is InChI=1S/C6H15N/c1-2-3-4-5-6-7/h2-7H2,1H3/i/hD. The van der Waals surface area contributed by atoms with Gasteiger partial charge in [-0.3, -0.25) is 0 Å². The average molecular weight is 102 g/mol. The molecular formula is C6H15N. The molecule has 44 valence electrons. The van der Waals surface area contributed by atoms with Crippen LogP contribution in [0.2, 0.25) is 1.41 Å². The van der Waals surface area contributed by atoms with Gasteiger partial charge in [-0.15, -0.1) is 0 Å². The highest BCUT2D eigenvalue weighted by Gasteiger charge is 1.80. The van der Waals surface area contributed by atoms with E-state index in [9.17, 15) is 0 Å².